The molecule has 0 radical (unpaired) electrons. The highest BCUT2D eigenvalue weighted by atomic mass is 35.5. The van der Waals surface area contributed by atoms with Crippen molar-refractivity contribution in [3.63, 3.8) is 0 Å². The van der Waals surface area contributed by atoms with Gasteiger partial charge in [0.05, 0.1) is 22.3 Å². The number of nitrogens with zero attached hydrogens (tertiary/aromatic N) is 3. The number of aliphatic hydroxyl groups excluding tert-OH is 1. The van der Waals surface area contributed by atoms with Gasteiger partial charge in [-0.2, -0.15) is 0 Å². The van der Waals surface area contributed by atoms with Gasteiger partial charge in [0.1, 0.15) is 0 Å². The van der Waals surface area contributed by atoms with E-state index in [9.17, 15) is 5.11 Å². The third kappa shape index (κ3) is 2.79. The second-order valence-electron chi connectivity index (χ2n) is 5.27. The topological polar surface area (TPSA) is 40.8 Å². The zero-order valence-corrected chi connectivity index (χ0v) is 12.6. The van der Waals surface area contributed by atoms with E-state index in [-0.39, 0.29) is 12.6 Å². The van der Waals surface area contributed by atoms with E-state index in [4.69, 9.17) is 23.2 Å². The van der Waals surface area contributed by atoms with Crippen LogP contribution < -0.4 is 0 Å². The molecule has 2 aromatic rings. The fourth-order valence-corrected chi connectivity index (χ4v) is 3.36. The molecule has 4 nitrogen and oxygen atoms in total. The largest absolute Gasteiger partial charge is 0.395 e. The maximum Gasteiger partial charge on any atom is 0.156 e. The predicted molar refractivity (Wildman–Crippen MR) is 80.3 cm³/mol. The van der Waals surface area contributed by atoms with Crippen LogP contribution in [0.2, 0.25) is 10.0 Å². The van der Waals surface area contributed by atoms with Crippen LogP contribution in [0.5, 0.6) is 0 Å². The molecule has 1 unspecified atom stereocenters. The molecule has 0 spiro atoms. The maximum atomic E-state index is 9.45. The molecule has 20 heavy (non-hydrogen) atoms. The van der Waals surface area contributed by atoms with Crippen molar-refractivity contribution < 1.29 is 5.11 Å². The Bertz CT molecular complexity index is 614. The molecule has 1 saturated heterocycles. The average Bonchev–Trinajstić information content (AvgIpc) is 2.82. The summed E-state index contributed by atoms with van der Waals surface area (Å²) >= 11 is 12.1. The van der Waals surface area contributed by atoms with Crippen LogP contribution in [-0.2, 0) is 6.54 Å². The molecule has 1 aliphatic rings. The summed E-state index contributed by atoms with van der Waals surface area (Å²) < 4.78 is 1.86. The Balaban J connectivity index is 1.85. The van der Waals surface area contributed by atoms with Crippen molar-refractivity contribution in [1.29, 1.82) is 0 Å². The molecule has 1 fully saturated rings. The van der Waals surface area contributed by atoms with Gasteiger partial charge in [-0.3, -0.25) is 4.90 Å². The van der Waals surface area contributed by atoms with E-state index in [1.54, 1.807) is 12.3 Å². The van der Waals surface area contributed by atoms with Gasteiger partial charge in [-0.05, 0) is 25.5 Å². The normalized spacial score (nSPS) is 20.6. The quantitative estimate of drug-likeness (QED) is 0.947. The van der Waals surface area contributed by atoms with Crippen LogP contribution >= 0.6 is 23.2 Å². The van der Waals surface area contributed by atoms with Gasteiger partial charge in [-0.15, -0.1) is 0 Å². The maximum absolute atomic E-state index is 9.45. The number of fused-ring (bicyclic) bond motifs is 1. The summed E-state index contributed by atoms with van der Waals surface area (Å²) in [6.45, 7) is 1.95. The van der Waals surface area contributed by atoms with E-state index >= 15 is 0 Å². The SMILES string of the molecule is OCC1CCCCN1Cc1cn2cc(Cl)cc(Cl)c2n1. The molecule has 1 aliphatic heterocycles. The Morgan fingerprint density at radius 1 is 1.30 bits per heavy atom. The Morgan fingerprint density at radius 3 is 2.95 bits per heavy atom. The van der Waals surface area contributed by atoms with Crippen LogP contribution in [0.3, 0.4) is 0 Å². The van der Waals surface area contributed by atoms with Gasteiger partial charge in [0.2, 0.25) is 0 Å². The molecule has 0 aliphatic carbocycles. The van der Waals surface area contributed by atoms with Crippen LogP contribution in [0.25, 0.3) is 5.65 Å². The number of rotatable bonds is 3. The zero-order valence-electron chi connectivity index (χ0n) is 11.1. The van der Waals surface area contributed by atoms with Gasteiger partial charge in [-0.25, -0.2) is 4.98 Å². The van der Waals surface area contributed by atoms with Crippen LogP contribution in [0.15, 0.2) is 18.5 Å². The van der Waals surface area contributed by atoms with Crippen molar-refractivity contribution in [3.8, 4) is 0 Å². The Hall–Kier alpha value is -0.810. The van der Waals surface area contributed by atoms with E-state index in [1.165, 1.54) is 12.8 Å². The van der Waals surface area contributed by atoms with E-state index in [0.717, 1.165) is 30.9 Å². The molecule has 0 aromatic carbocycles. The van der Waals surface area contributed by atoms with E-state index in [1.807, 2.05) is 10.6 Å². The zero-order chi connectivity index (χ0) is 14.1. The molecule has 1 atom stereocenters. The molecule has 3 rings (SSSR count). The average molecular weight is 314 g/mol. The fraction of sp³-hybridized carbons (Fsp3) is 0.500. The molecular weight excluding hydrogens is 297 g/mol. The van der Waals surface area contributed by atoms with Gasteiger partial charge in [0, 0.05) is 25.0 Å². The lowest BCUT2D eigenvalue weighted by molar-refractivity contribution is 0.0832. The first-order valence-corrected chi connectivity index (χ1v) is 7.60. The highest BCUT2D eigenvalue weighted by molar-refractivity contribution is 6.36. The molecule has 1 N–H and O–H groups in total. The smallest absolute Gasteiger partial charge is 0.156 e. The van der Waals surface area contributed by atoms with Crippen molar-refractivity contribution in [3.05, 3.63) is 34.2 Å². The highest BCUT2D eigenvalue weighted by Gasteiger charge is 2.22. The first kappa shape index (κ1) is 14.1. The van der Waals surface area contributed by atoms with Crippen molar-refractivity contribution in [1.82, 2.24) is 14.3 Å². The third-order valence-corrected chi connectivity index (χ3v) is 4.33. The van der Waals surface area contributed by atoms with Gasteiger partial charge in [-0.1, -0.05) is 29.6 Å². The second-order valence-corrected chi connectivity index (χ2v) is 6.12. The molecule has 0 saturated carbocycles. The lowest BCUT2D eigenvalue weighted by Gasteiger charge is -2.33. The lowest BCUT2D eigenvalue weighted by Crippen LogP contribution is -2.41. The fourth-order valence-electron chi connectivity index (χ4n) is 2.83. The molecular formula is C14H17Cl2N3O. The number of hydrogen-bond acceptors (Lipinski definition) is 3. The van der Waals surface area contributed by atoms with Gasteiger partial charge >= 0.3 is 0 Å². The van der Waals surface area contributed by atoms with E-state index in [2.05, 4.69) is 9.88 Å². The summed E-state index contributed by atoms with van der Waals surface area (Å²) in [4.78, 5) is 6.86. The molecule has 0 amide bonds. The first-order valence-electron chi connectivity index (χ1n) is 6.85. The number of hydrogen-bond donors (Lipinski definition) is 1. The van der Waals surface area contributed by atoms with Crippen LogP contribution in [0, 0.1) is 0 Å². The number of halogens is 2. The van der Waals surface area contributed by atoms with E-state index < -0.39 is 0 Å². The monoisotopic (exact) mass is 313 g/mol. The van der Waals surface area contributed by atoms with Crippen molar-refractivity contribution in [2.24, 2.45) is 0 Å². The summed E-state index contributed by atoms with van der Waals surface area (Å²) in [5.74, 6) is 0. The van der Waals surface area contributed by atoms with Crippen molar-refractivity contribution in [2.45, 2.75) is 31.8 Å². The van der Waals surface area contributed by atoms with Crippen LogP contribution in [0.1, 0.15) is 25.0 Å². The third-order valence-electron chi connectivity index (χ3n) is 3.85. The second kappa shape index (κ2) is 5.90. The summed E-state index contributed by atoms with van der Waals surface area (Å²) in [5.41, 5.74) is 1.68. The van der Waals surface area contributed by atoms with Gasteiger partial charge in [0.15, 0.2) is 5.65 Å². The summed E-state index contributed by atoms with van der Waals surface area (Å²) in [7, 11) is 0. The minimum Gasteiger partial charge on any atom is -0.395 e. The summed E-state index contributed by atoms with van der Waals surface area (Å²) in [5, 5.41) is 10.6. The van der Waals surface area contributed by atoms with Crippen molar-refractivity contribution >= 4 is 28.8 Å². The number of aromatic nitrogens is 2. The van der Waals surface area contributed by atoms with Crippen LogP contribution in [0.4, 0.5) is 0 Å². The molecule has 0 bridgehead atoms. The number of piperidine rings is 1. The summed E-state index contributed by atoms with van der Waals surface area (Å²) in [6.07, 6.45) is 7.18. The minimum atomic E-state index is 0.208. The molecule has 2 aromatic heterocycles. The van der Waals surface area contributed by atoms with Gasteiger partial charge in [0.25, 0.3) is 0 Å². The lowest BCUT2D eigenvalue weighted by atomic mass is 10.0. The number of imidazole rings is 1. The molecule has 3 heterocycles. The predicted octanol–water partition coefficient (Wildman–Crippen LogP) is 2.99. The van der Waals surface area contributed by atoms with Gasteiger partial charge < -0.3 is 9.51 Å². The van der Waals surface area contributed by atoms with Crippen molar-refractivity contribution in [2.75, 3.05) is 13.2 Å². The number of likely N-dealkylation sites (tertiary alicyclic amines) is 1. The molecule has 108 valence electrons. The number of pyridine rings is 1. The Morgan fingerprint density at radius 2 is 2.15 bits per heavy atom. The number of aliphatic hydroxyl groups is 1. The van der Waals surface area contributed by atoms with E-state index in [0.29, 0.717) is 10.0 Å². The highest BCUT2D eigenvalue weighted by Crippen LogP contribution is 2.23. The minimum absolute atomic E-state index is 0.208. The molecule has 6 heteroatoms. The summed E-state index contributed by atoms with van der Waals surface area (Å²) in [6, 6.07) is 1.94. The first-order chi connectivity index (χ1) is 9.67. The van der Waals surface area contributed by atoms with Crippen LogP contribution in [-0.4, -0.2) is 38.6 Å². The Kier molecular flexibility index (Phi) is 4.17. The standard InChI is InChI=1S/C14H17Cl2N3O/c15-10-5-13(16)14-17-11(8-19(14)6-10)7-18-4-2-1-3-12(18)9-20/h5-6,8,12,20H,1-4,7,9H2. The Labute approximate surface area is 127 Å².